The Morgan fingerprint density at radius 2 is 1.85 bits per heavy atom. The maximum atomic E-state index is 11.1. The number of ether oxygens (including phenoxy) is 2. The summed E-state index contributed by atoms with van der Waals surface area (Å²) in [6.07, 6.45) is 1.60. The maximum absolute atomic E-state index is 11.1. The molecule has 0 saturated heterocycles. The number of nitro groups is 1. The van der Waals surface area contributed by atoms with Crippen LogP contribution in [0.2, 0.25) is 5.02 Å². The summed E-state index contributed by atoms with van der Waals surface area (Å²) in [5, 5.41) is 23.3. The van der Waals surface area contributed by atoms with E-state index in [-0.39, 0.29) is 11.3 Å². The molecule has 0 heterocycles. The van der Waals surface area contributed by atoms with Crippen molar-refractivity contribution < 1.29 is 14.4 Å². The number of rotatable bonds is 7. The van der Waals surface area contributed by atoms with Crippen LogP contribution in [0.5, 0.6) is 11.5 Å². The number of benzene rings is 4. The summed E-state index contributed by atoms with van der Waals surface area (Å²) in [7, 11) is 1.51. The number of allylic oxidation sites excluding steroid dienone is 1. The molecule has 4 aromatic carbocycles. The van der Waals surface area contributed by atoms with Gasteiger partial charge in [0, 0.05) is 12.1 Å². The number of non-ortho nitro benzene ring substituents is 1. The molecule has 34 heavy (non-hydrogen) atoms. The molecule has 0 saturated carbocycles. The molecule has 0 aliphatic rings. The lowest BCUT2D eigenvalue weighted by molar-refractivity contribution is -0.384. The highest BCUT2D eigenvalue weighted by Gasteiger charge is 2.14. The van der Waals surface area contributed by atoms with Crippen LogP contribution in [0, 0.1) is 21.4 Å². The van der Waals surface area contributed by atoms with Crippen LogP contribution in [0.25, 0.3) is 22.4 Å². The van der Waals surface area contributed by atoms with E-state index in [2.05, 4.69) is 18.2 Å². The Balaban J connectivity index is 1.61. The Morgan fingerprint density at radius 3 is 2.59 bits per heavy atom. The lowest BCUT2D eigenvalue weighted by atomic mass is 10.0. The molecule has 0 N–H and O–H groups in total. The van der Waals surface area contributed by atoms with Crippen molar-refractivity contribution in [3.05, 3.63) is 111 Å². The lowest BCUT2D eigenvalue weighted by Crippen LogP contribution is -1.99. The number of halogens is 1. The summed E-state index contributed by atoms with van der Waals surface area (Å²) in [6.45, 7) is 0.299. The fourth-order valence-electron chi connectivity index (χ4n) is 3.58. The Morgan fingerprint density at radius 1 is 1.06 bits per heavy atom. The van der Waals surface area contributed by atoms with Gasteiger partial charge in [-0.3, -0.25) is 10.1 Å². The number of nitro benzene ring substituents is 1. The highest BCUT2D eigenvalue weighted by atomic mass is 35.5. The van der Waals surface area contributed by atoms with Crippen LogP contribution in [-0.4, -0.2) is 12.0 Å². The van der Waals surface area contributed by atoms with Gasteiger partial charge in [-0.2, -0.15) is 5.26 Å². The monoisotopic (exact) mass is 470 g/mol. The van der Waals surface area contributed by atoms with Gasteiger partial charge < -0.3 is 9.47 Å². The van der Waals surface area contributed by atoms with Crippen molar-refractivity contribution in [2.24, 2.45) is 0 Å². The first-order valence-corrected chi connectivity index (χ1v) is 10.7. The molecule has 4 aromatic rings. The van der Waals surface area contributed by atoms with Gasteiger partial charge in [0.05, 0.1) is 28.7 Å². The normalized spacial score (nSPS) is 11.1. The van der Waals surface area contributed by atoms with Crippen molar-refractivity contribution in [2.75, 3.05) is 7.11 Å². The maximum Gasteiger partial charge on any atom is 0.270 e. The van der Waals surface area contributed by atoms with Crippen molar-refractivity contribution in [1.82, 2.24) is 0 Å². The fraction of sp³-hybridized carbons (Fsp3) is 0.0741. The first kappa shape index (κ1) is 22.8. The first-order chi connectivity index (χ1) is 16.5. The van der Waals surface area contributed by atoms with Gasteiger partial charge in [0.25, 0.3) is 5.69 Å². The summed E-state index contributed by atoms with van der Waals surface area (Å²) in [5.41, 5.74) is 2.18. The average molecular weight is 471 g/mol. The number of methoxy groups -OCH3 is 1. The topological polar surface area (TPSA) is 85.4 Å². The van der Waals surface area contributed by atoms with E-state index in [0.717, 1.165) is 16.3 Å². The highest BCUT2D eigenvalue weighted by Crippen LogP contribution is 2.38. The Bertz CT molecular complexity index is 1460. The number of fused-ring (bicyclic) bond motifs is 1. The molecule has 6 nitrogen and oxygen atoms in total. The largest absolute Gasteiger partial charge is 0.493 e. The van der Waals surface area contributed by atoms with Crippen molar-refractivity contribution in [3.8, 4) is 17.6 Å². The number of hydrogen-bond donors (Lipinski definition) is 0. The van der Waals surface area contributed by atoms with Gasteiger partial charge in [-0.15, -0.1) is 0 Å². The van der Waals surface area contributed by atoms with E-state index in [4.69, 9.17) is 21.1 Å². The van der Waals surface area contributed by atoms with E-state index >= 15 is 0 Å². The van der Waals surface area contributed by atoms with E-state index in [0.29, 0.717) is 34.3 Å². The Kier molecular flexibility index (Phi) is 6.77. The molecule has 7 heteroatoms. The van der Waals surface area contributed by atoms with Gasteiger partial charge in [0.1, 0.15) is 6.61 Å². The van der Waals surface area contributed by atoms with Crippen LogP contribution in [0.1, 0.15) is 16.7 Å². The number of hydrogen-bond acceptors (Lipinski definition) is 5. The molecule has 0 aromatic heterocycles. The summed E-state index contributed by atoms with van der Waals surface area (Å²) < 4.78 is 11.5. The van der Waals surface area contributed by atoms with Crippen LogP contribution in [-0.2, 0) is 6.61 Å². The van der Waals surface area contributed by atoms with Gasteiger partial charge in [0.2, 0.25) is 0 Å². The van der Waals surface area contributed by atoms with E-state index in [1.165, 1.54) is 25.3 Å². The SMILES string of the molecule is COc1cc(C=C(C#N)c2cccc([N+](=O)[O-])c2)cc(Cl)c1OCc1ccc2ccccc2c1. The second kappa shape index (κ2) is 10.1. The molecular formula is C27H19ClN2O4. The summed E-state index contributed by atoms with van der Waals surface area (Å²) in [5.74, 6) is 0.805. The zero-order valence-corrected chi connectivity index (χ0v) is 19.0. The van der Waals surface area contributed by atoms with E-state index in [9.17, 15) is 15.4 Å². The molecule has 0 radical (unpaired) electrons. The molecular weight excluding hydrogens is 452 g/mol. The predicted molar refractivity (Wildman–Crippen MR) is 133 cm³/mol. The molecule has 168 valence electrons. The van der Waals surface area contributed by atoms with E-state index in [1.807, 2.05) is 30.3 Å². The molecule has 0 unspecified atom stereocenters. The van der Waals surface area contributed by atoms with Crippen LogP contribution in [0.3, 0.4) is 0 Å². The van der Waals surface area contributed by atoms with Crippen molar-refractivity contribution >= 4 is 39.7 Å². The number of nitrogens with zero attached hydrogens (tertiary/aromatic N) is 2. The molecule has 0 atom stereocenters. The van der Waals surface area contributed by atoms with Gasteiger partial charge >= 0.3 is 0 Å². The second-order valence-electron chi connectivity index (χ2n) is 7.48. The third-order valence-electron chi connectivity index (χ3n) is 5.25. The minimum absolute atomic E-state index is 0.0910. The fourth-order valence-corrected chi connectivity index (χ4v) is 3.85. The third-order valence-corrected chi connectivity index (χ3v) is 5.53. The van der Waals surface area contributed by atoms with E-state index in [1.54, 1.807) is 24.3 Å². The lowest BCUT2D eigenvalue weighted by Gasteiger charge is -2.14. The molecule has 0 fully saturated rings. The Labute approximate surface area is 201 Å². The first-order valence-electron chi connectivity index (χ1n) is 10.3. The minimum atomic E-state index is -0.500. The summed E-state index contributed by atoms with van der Waals surface area (Å²) >= 11 is 6.51. The smallest absolute Gasteiger partial charge is 0.270 e. The van der Waals surface area contributed by atoms with Crippen molar-refractivity contribution in [3.63, 3.8) is 0 Å². The predicted octanol–water partition coefficient (Wildman–Crippen LogP) is 7.05. The number of nitriles is 1. The quantitative estimate of drug-likeness (QED) is 0.125. The van der Waals surface area contributed by atoms with Gasteiger partial charge in [0.15, 0.2) is 11.5 Å². The zero-order valence-electron chi connectivity index (χ0n) is 18.2. The zero-order chi connectivity index (χ0) is 24.1. The summed E-state index contributed by atoms with van der Waals surface area (Å²) in [4.78, 5) is 10.6. The van der Waals surface area contributed by atoms with Crippen molar-refractivity contribution in [2.45, 2.75) is 6.61 Å². The minimum Gasteiger partial charge on any atom is -0.493 e. The molecule has 0 amide bonds. The van der Waals surface area contributed by atoms with Crippen LogP contribution >= 0.6 is 11.6 Å². The molecule has 0 bridgehead atoms. The average Bonchev–Trinajstić information content (AvgIpc) is 2.86. The molecule has 0 aliphatic heterocycles. The van der Waals surface area contributed by atoms with E-state index < -0.39 is 4.92 Å². The standard InChI is InChI=1S/C27H19ClN2O4/c1-33-26-14-19(12-23(16-29)22-7-4-8-24(15-22)30(31)32)13-25(28)27(26)34-17-18-9-10-20-5-2-3-6-21(20)11-18/h2-15H,17H2,1H3. The van der Waals surface area contributed by atoms with Gasteiger partial charge in [-0.1, -0.05) is 60.1 Å². The van der Waals surface area contributed by atoms with Crippen LogP contribution in [0.4, 0.5) is 5.69 Å². The highest BCUT2D eigenvalue weighted by molar-refractivity contribution is 6.32. The van der Waals surface area contributed by atoms with Crippen molar-refractivity contribution in [1.29, 1.82) is 5.26 Å². The van der Waals surface area contributed by atoms with Crippen LogP contribution in [0.15, 0.2) is 78.9 Å². The summed E-state index contributed by atoms with van der Waals surface area (Å²) in [6, 6.07) is 25.5. The Hall–Kier alpha value is -4.34. The third kappa shape index (κ3) is 5.01. The van der Waals surface area contributed by atoms with Gasteiger partial charge in [-0.25, -0.2) is 0 Å². The molecule has 0 aliphatic carbocycles. The molecule has 0 spiro atoms. The van der Waals surface area contributed by atoms with Crippen LogP contribution < -0.4 is 9.47 Å². The second-order valence-corrected chi connectivity index (χ2v) is 7.89. The van der Waals surface area contributed by atoms with Gasteiger partial charge in [-0.05, 0) is 51.7 Å². The molecule has 4 rings (SSSR count).